The lowest BCUT2D eigenvalue weighted by Gasteiger charge is -2.26. The van der Waals surface area contributed by atoms with E-state index in [-0.39, 0.29) is 0 Å². The third-order valence-electron chi connectivity index (χ3n) is 9.55. The maximum Gasteiger partial charge on any atom is 0.0896 e. The van der Waals surface area contributed by atoms with Crippen molar-refractivity contribution in [2.24, 2.45) is 0 Å². The smallest absolute Gasteiger partial charge is 0.0896 e. The van der Waals surface area contributed by atoms with E-state index in [9.17, 15) is 0 Å². The predicted octanol–water partition coefficient (Wildman–Crippen LogP) is 12.8. The second-order valence-corrected chi connectivity index (χ2v) is 13.5. The highest BCUT2D eigenvalue weighted by atomic mass is 32.1. The van der Waals surface area contributed by atoms with Crippen LogP contribution in [-0.4, -0.2) is 9.55 Å². The molecule has 0 aliphatic rings. The molecule has 0 saturated carbocycles. The second-order valence-electron chi connectivity index (χ2n) is 12.4. The van der Waals surface area contributed by atoms with Crippen LogP contribution in [0.25, 0.3) is 69.8 Å². The number of para-hydroxylation sites is 3. The summed E-state index contributed by atoms with van der Waals surface area (Å²) >= 11 is 1.81. The highest BCUT2D eigenvalue weighted by molar-refractivity contribution is 7.25. The van der Waals surface area contributed by atoms with E-state index >= 15 is 0 Å². The van der Waals surface area contributed by atoms with Crippen LogP contribution in [-0.2, 0) is 0 Å². The lowest BCUT2D eigenvalue weighted by Crippen LogP contribution is -2.09. The summed E-state index contributed by atoms with van der Waals surface area (Å²) in [7, 11) is 0. The lowest BCUT2D eigenvalue weighted by molar-refractivity contribution is 1.18. The molecule has 0 saturated heterocycles. The van der Waals surface area contributed by atoms with Crippen LogP contribution in [0.3, 0.4) is 0 Å². The molecule has 0 aliphatic heterocycles. The van der Waals surface area contributed by atoms with E-state index in [1.807, 2.05) is 11.3 Å². The fourth-order valence-corrected chi connectivity index (χ4v) is 8.33. The Morgan fingerprint density at radius 2 is 1.08 bits per heavy atom. The molecule has 230 valence electrons. The molecule has 0 unspecified atom stereocenters. The first-order valence-electron chi connectivity index (χ1n) is 16.5. The third kappa shape index (κ3) is 4.61. The molecule has 0 radical (unpaired) electrons. The summed E-state index contributed by atoms with van der Waals surface area (Å²) in [4.78, 5) is 7.53. The minimum absolute atomic E-state index is 1.02. The van der Waals surface area contributed by atoms with E-state index in [2.05, 4.69) is 185 Å². The average Bonchev–Trinajstić information content (AvgIpc) is 3.69. The zero-order valence-corrected chi connectivity index (χ0v) is 27.3. The van der Waals surface area contributed by atoms with Gasteiger partial charge in [0.25, 0.3) is 0 Å². The number of hydrogen-bond acceptors (Lipinski definition) is 3. The SMILES string of the molecule is c1ccc(-c2ccc(N(c3ccc4sc5cc6ccccc6nc5c4c3)c3ccc4c(c3)c3ccccc3n4-c3ccccc3)cc2)cc1. The van der Waals surface area contributed by atoms with Gasteiger partial charge in [-0.15, -0.1) is 11.3 Å². The van der Waals surface area contributed by atoms with Gasteiger partial charge in [-0.3, -0.25) is 0 Å². The summed E-state index contributed by atoms with van der Waals surface area (Å²) in [5.41, 5.74) is 11.3. The van der Waals surface area contributed by atoms with E-state index < -0.39 is 0 Å². The van der Waals surface area contributed by atoms with E-state index in [0.29, 0.717) is 0 Å². The summed E-state index contributed by atoms with van der Waals surface area (Å²) < 4.78 is 4.81. The molecule has 0 N–H and O–H groups in total. The molecule has 4 heteroatoms. The van der Waals surface area contributed by atoms with Gasteiger partial charge >= 0.3 is 0 Å². The van der Waals surface area contributed by atoms with Crippen LogP contribution in [0, 0.1) is 0 Å². The molecule has 3 aromatic heterocycles. The van der Waals surface area contributed by atoms with Crippen molar-refractivity contribution in [1.29, 1.82) is 0 Å². The summed E-state index contributed by atoms with van der Waals surface area (Å²) in [6.07, 6.45) is 0. The van der Waals surface area contributed by atoms with Crippen LogP contribution >= 0.6 is 11.3 Å². The van der Waals surface area contributed by atoms with Gasteiger partial charge in [-0.05, 0) is 90.0 Å². The molecule has 0 atom stereocenters. The first-order chi connectivity index (χ1) is 24.3. The molecule has 0 aliphatic carbocycles. The minimum atomic E-state index is 1.02. The Balaban J connectivity index is 1.19. The number of benzene rings is 7. The van der Waals surface area contributed by atoms with Crippen LogP contribution in [0.1, 0.15) is 0 Å². The molecule has 7 aromatic carbocycles. The van der Waals surface area contributed by atoms with E-state index in [1.165, 1.54) is 53.1 Å². The van der Waals surface area contributed by atoms with Crippen molar-refractivity contribution in [3.63, 3.8) is 0 Å². The number of rotatable bonds is 5. The van der Waals surface area contributed by atoms with Gasteiger partial charge in [0.1, 0.15) is 0 Å². The highest BCUT2D eigenvalue weighted by Crippen LogP contribution is 2.43. The van der Waals surface area contributed by atoms with E-state index in [1.54, 1.807) is 0 Å². The first kappa shape index (κ1) is 27.8. The van der Waals surface area contributed by atoms with Crippen LogP contribution < -0.4 is 4.90 Å². The van der Waals surface area contributed by atoms with Crippen molar-refractivity contribution in [1.82, 2.24) is 9.55 Å². The van der Waals surface area contributed by atoms with E-state index in [0.717, 1.165) is 33.8 Å². The average molecular weight is 644 g/mol. The Hall–Kier alpha value is -6.23. The van der Waals surface area contributed by atoms with Gasteiger partial charge in [-0.25, -0.2) is 4.98 Å². The molecular formula is C45H29N3S. The van der Waals surface area contributed by atoms with Gasteiger partial charge in [0.15, 0.2) is 0 Å². The molecule has 10 rings (SSSR count). The normalized spacial score (nSPS) is 11.7. The molecular weight excluding hydrogens is 615 g/mol. The Labute approximate surface area is 287 Å². The van der Waals surface area contributed by atoms with Crippen molar-refractivity contribution in [2.75, 3.05) is 4.90 Å². The summed E-state index contributed by atoms with van der Waals surface area (Å²) in [6, 6.07) is 63.2. The summed E-state index contributed by atoms with van der Waals surface area (Å²) in [6.45, 7) is 0. The van der Waals surface area contributed by atoms with Crippen molar-refractivity contribution in [3.05, 3.63) is 176 Å². The van der Waals surface area contributed by atoms with Crippen molar-refractivity contribution in [2.45, 2.75) is 0 Å². The molecule has 0 bridgehead atoms. The Kier molecular flexibility index (Phi) is 6.36. The Bertz CT molecular complexity index is 2820. The van der Waals surface area contributed by atoms with Crippen LogP contribution in [0.5, 0.6) is 0 Å². The monoisotopic (exact) mass is 643 g/mol. The standard InChI is InChI=1S/C45H29N3S/c1-3-11-30(12-4-1)31-19-21-34(22-20-31)47(36-24-26-43-39(29-36)45-44(49-43)27-32-13-7-9-17-40(32)46-45)35-23-25-42-38(28-35)37-16-8-10-18-41(37)48(42)33-14-5-2-6-15-33/h1-29H. The van der Waals surface area contributed by atoms with Crippen LogP contribution in [0.2, 0.25) is 0 Å². The Morgan fingerprint density at radius 3 is 1.92 bits per heavy atom. The Morgan fingerprint density at radius 1 is 0.449 bits per heavy atom. The molecule has 0 spiro atoms. The highest BCUT2D eigenvalue weighted by Gasteiger charge is 2.19. The molecule has 3 nitrogen and oxygen atoms in total. The van der Waals surface area contributed by atoms with Crippen LogP contribution in [0.15, 0.2) is 176 Å². The quantitative estimate of drug-likeness (QED) is 0.186. The van der Waals surface area contributed by atoms with E-state index in [4.69, 9.17) is 4.98 Å². The lowest BCUT2D eigenvalue weighted by atomic mass is 10.0. The van der Waals surface area contributed by atoms with Crippen molar-refractivity contribution in [3.8, 4) is 16.8 Å². The molecule has 0 fully saturated rings. The number of hydrogen-bond donors (Lipinski definition) is 0. The molecule has 10 aromatic rings. The second kappa shape index (κ2) is 11.2. The predicted molar refractivity (Wildman–Crippen MR) is 209 cm³/mol. The zero-order valence-electron chi connectivity index (χ0n) is 26.5. The first-order valence-corrected chi connectivity index (χ1v) is 17.4. The number of fused-ring (bicyclic) bond motifs is 7. The fraction of sp³-hybridized carbons (Fsp3) is 0. The number of anilines is 3. The maximum atomic E-state index is 5.15. The topological polar surface area (TPSA) is 21.1 Å². The molecule has 3 heterocycles. The molecule has 0 amide bonds. The van der Waals surface area contributed by atoms with Gasteiger partial charge in [-0.1, -0.05) is 97.1 Å². The minimum Gasteiger partial charge on any atom is -0.310 e. The number of aromatic nitrogens is 2. The maximum absolute atomic E-state index is 5.15. The zero-order chi connectivity index (χ0) is 32.3. The molecule has 49 heavy (non-hydrogen) atoms. The van der Waals surface area contributed by atoms with Gasteiger partial charge in [-0.2, -0.15) is 0 Å². The largest absolute Gasteiger partial charge is 0.310 e. The van der Waals surface area contributed by atoms with Crippen LogP contribution in [0.4, 0.5) is 17.1 Å². The number of nitrogens with zero attached hydrogens (tertiary/aromatic N) is 3. The van der Waals surface area contributed by atoms with Crippen molar-refractivity contribution < 1.29 is 0 Å². The van der Waals surface area contributed by atoms with Gasteiger partial charge < -0.3 is 9.47 Å². The van der Waals surface area contributed by atoms with Crippen molar-refractivity contribution >= 4 is 81.4 Å². The van der Waals surface area contributed by atoms with Gasteiger partial charge in [0, 0.05) is 49.0 Å². The summed E-state index contributed by atoms with van der Waals surface area (Å²) in [5.74, 6) is 0. The van der Waals surface area contributed by atoms with Gasteiger partial charge in [0.2, 0.25) is 0 Å². The third-order valence-corrected chi connectivity index (χ3v) is 10.7. The van der Waals surface area contributed by atoms with Gasteiger partial charge in [0.05, 0.1) is 26.8 Å². The number of thiophene rings is 1. The number of pyridine rings is 1. The fourth-order valence-electron chi connectivity index (χ4n) is 7.25. The summed E-state index contributed by atoms with van der Waals surface area (Å²) in [5, 5.41) is 4.80.